The highest BCUT2D eigenvalue weighted by Gasteiger charge is 2.31. The number of fused-ring (bicyclic) bond motifs is 1. The maximum absolute atomic E-state index is 12.6. The van der Waals surface area contributed by atoms with Gasteiger partial charge in [0.2, 0.25) is 15.9 Å². The van der Waals surface area contributed by atoms with E-state index in [1.54, 1.807) is 11.8 Å². The van der Waals surface area contributed by atoms with Crippen LogP contribution in [0.25, 0.3) is 0 Å². The zero-order chi connectivity index (χ0) is 19.6. The van der Waals surface area contributed by atoms with Crippen LogP contribution in [0.15, 0.2) is 0 Å². The van der Waals surface area contributed by atoms with Crippen LogP contribution in [0.1, 0.15) is 30.3 Å². The molecule has 0 spiro atoms. The van der Waals surface area contributed by atoms with Crippen molar-refractivity contribution >= 4 is 38.5 Å². The van der Waals surface area contributed by atoms with Crippen LogP contribution in [0, 0.1) is 5.92 Å². The van der Waals surface area contributed by atoms with Crippen molar-refractivity contribution in [2.45, 2.75) is 32.7 Å². The van der Waals surface area contributed by atoms with Crippen molar-refractivity contribution in [2.24, 2.45) is 5.92 Å². The van der Waals surface area contributed by atoms with Gasteiger partial charge in [0.1, 0.15) is 0 Å². The van der Waals surface area contributed by atoms with Crippen molar-refractivity contribution in [2.75, 3.05) is 37.8 Å². The molecule has 0 aromatic carbocycles. The Hall–Kier alpha value is -1.72. The Bertz CT molecular complexity index is 823. The van der Waals surface area contributed by atoms with E-state index in [-0.39, 0.29) is 24.5 Å². The molecule has 0 radical (unpaired) electrons. The lowest BCUT2D eigenvalue weighted by Gasteiger charge is -2.29. The van der Waals surface area contributed by atoms with Gasteiger partial charge in [-0.3, -0.25) is 4.79 Å². The van der Waals surface area contributed by atoms with Crippen LogP contribution in [0.2, 0.25) is 0 Å². The average molecular weight is 417 g/mol. The molecule has 2 aliphatic rings. The molecule has 1 fully saturated rings. The highest BCUT2D eigenvalue weighted by molar-refractivity contribution is 7.88. The molecule has 2 aliphatic heterocycles. The first kappa shape index (κ1) is 20.0. The lowest BCUT2D eigenvalue weighted by atomic mass is 9.99. The number of nitrogens with one attached hydrogen (secondary N) is 1. The quantitative estimate of drug-likeness (QED) is 0.792. The summed E-state index contributed by atoms with van der Waals surface area (Å²) in [6.07, 6.45) is 2.75. The Kier molecular flexibility index (Phi) is 6.02. The lowest BCUT2D eigenvalue weighted by molar-refractivity contribution is -0.120. The minimum atomic E-state index is -3.30. The van der Waals surface area contributed by atoms with Crippen molar-refractivity contribution in [3.63, 3.8) is 0 Å². The Balaban J connectivity index is 1.62. The van der Waals surface area contributed by atoms with Crippen molar-refractivity contribution in [3.8, 4) is 0 Å². The van der Waals surface area contributed by atoms with Gasteiger partial charge in [-0.05, 0) is 19.8 Å². The van der Waals surface area contributed by atoms with Crippen molar-refractivity contribution < 1.29 is 22.7 Å². The molecule has 27 heavy (non-hydrogen) atoms. The number of ether oxygens (including phenoxy) is 1. The Labute approximate surface area is 162 Å². The summed E-state index contributed by atoms with van der Waals surface area (Å²) in [5.74, 6) is -0.595. The van der Waals surface area contributed by atoms with E-state index in [1.165, 1.54) is 15.6 Å². The lowest BCUT2D eigenvalue weighted by Crippen LogP contribution is -2.43. The number of hydrogen-bond donors (Lipinski definition) is 1. The van der Waals surface area contributed by atoms with E-state index in [2.05, 4.69) is 10.3 Å². The molecule has 3 heterocycles. The normalized spacial score (nSPS) is 20.8. The van der Waals surface area contributed by atoms with Gasteiger partial charge in [0.25, 0.3) is 0 Å². The number of aromatic nitrogens is 1. The molecule has 3 rings (SSSR count). The van der Waals surface area contributed by atoms with E-state index in [1.807, 2.05) is 0 Å². The number of rotatable bonds is 4. The molecule has 1 N–H and O–H groups in total. The first-order chi connectivity index (χ1) is 12.8. The molecule has 2 amide bonds. The number of nitrogens with zero attached hydrogens (tertiary/aromatic N) is 3. The topological polar surface area (TPSA) is 109 Å². The molecular formula is C16H24N4O5S2. The van der Waals surface area contributed by atoms with Gasteiger partial charge in [-0.2, -0.15) is 0 Å². The van der Waals surface area contributed by atoms with Crippen molar-refractivity contribution in [1.29, 1.82) is 0 Å². The number of anilines is 1. The van der Waals surface area contributed by atoms with Gasteiger partial charge in [0, 0.05) is 30.9 Å². The molecule has 1 aromatic heterocycles. The molecule has 0 aliphatic carbocycles. The second-order valence-electron chi connectivity index (χ2n) is 6.71. The standard InChI is InChI=1S/C16H24N4O5S2/c1-3-25-16(22)19-8-6-12-13(10-19)26-15(17-12)18-14(21)11-5-4-7-20(9-11)27(2,23)24/h11H,3-10H2,1-2H3,(H,17,18,21)/t11-/m0/s1. The van der Waals surface area contributed by atoms with E-state index in [4.69, 9.17) is 4.74 Å². The van der Waals surface area contributed by atoms with Crippen LogP contribution in [0.3, 0.4) is 0 Å². The van der Waals surface area contributed by atoms with Crippen molar-refractivity contribution in [3.05, 3.63) is 10.6 Å². The molecule has 9 nitrogen and oxygen atoms in total. The van der Waals surface area contributed by atoms with E-state index in [9.17, 15) is 18.0 Å². The number of amides is 2. The summed E-state index contributed by atoms with van der Waals surface area (Å²) >= 11 is 1.35. The predicted octanol–water partition coefficient (Wildman–Crippen LogP) is 1.27. The number of carbonyl (C=O) groups excluding carboxylic acids is 2. The van der Waals surface area contributed by atoms with E-state index in [0.717, 1.165) is 16.8 Å². The molecule has 0 unspecified atom stereocenters. The van der Waals surface area contributed by atoms with E-state index < -0.39 is 10.0 Å². The largest absolute Gasteiger partial charge is 0.450 e. The first-order valence-corrected chi connectivity index (χ1v) is 11.6. The summed E-state index contributed by atoms with van der Waals surface area (Å²) in [4.78, 5) is 31.5. The third-order valence-electron chi connectivity index (χ3n) is 4.71. The monoisotopic (exact) mass is 416 g/mol. The van der Waals surface area contributed by atoms with Gasteiger partial charge >= 0.3 is 6.09 Å². The van der Waals surface area contributed by atoms with Gasteiger partial charge in [-0.15, -0.1) is 0 Å². The predicted molar refractivity (Wildman–Crippen MR) is 101 cm³/mol. The summed E-state index contributed by atoms with van der Waals surface area (Å²) in [5.41, 5.74) is 0.886. The zero-order valence-electron chi connectivity index (χ0n) is 15.4. The highest BCUT2D eigenvalue weighted by Crippen LogP contribution is 2.29. The SMILES string of the molecule is CCOC(=O)N1CCc2nc(NC(=O)[C@H]3CCCN(S(C)(=O)=O)C3)sc2C1. The fourth-order valence-electron chi connectivity index (χ4n) is 3.28. The maximum Gasteiger partial charge on any atom is 0.410 e. The minimum Gasteiger partial charge on any atom is -0.450 e. The van der Waals surface area contributed by atoms with Crippen molar-refractivity contribution in [1.82, 2.24) is 14.2 Å². The van der Waals surface area contributed by atoms with Crippen LogP contribution >= 0.6 is 11.3 Å². The minimum absolute atomic E-state index is 0.201. The molecule has 1 atom stereocenters. The van der Waals surface area contributed by atoms with Crippen LogP contribution in [-0.2, 0) is 32.5 Å². The summed E-state index contributed by atoms with van der Waals surface area (Å²) in [7, 11) is -3.30. The molecule has 1 aromatic rings. The Morgan fingerprint density at radius 1 is 1.37 bits per heavy atom. The number of sulfonamides is 1. The van der Waals surface area contributed by atoms with Crippen LogP contribution in [-0.4, -0.2) is 67.1 Å². The Morgan fingerprint density at radius 2 is 2.15 bits per heavy atom. The van der Waals surface area contributed by atoms with Gasteiger partial charge < -0.3 is 15.0 Å². The van der Waals surface area contributed by atoms with E-state index in [0.29, 0.717) is 50.6 Å². The zero-order valence-corrected chi connectivity index (χ0v) is 17.1. The van der Waals surface area contributed by atoms with Gasteiger partial charge in [0.15, 0.2) is 5.13 Å². The smallest absolute Gasteiger partial charge is 0.410 e. The third-order valence-corrected chi connectivity index (χ3v) is 6.98. The van der Waals surface area contributed by atoms with E-state index >= 15 is 0 Å². The van der Waals surface area contributed by atoms with Crippen LogP contribution < -0.4 is 5.32 Å². The third kappa shape index (κ3) is 4.77. The van der Waals surface area contributed by atoms with Gasteiger partial charge in [0.05, 0.1) is 31.0 Å². The summed E-state index contributed by atoms with van der Waals surface area (Å²) in [5, 5.41) is 3.32. The molecule has 11 heteroatoms. The molecule has 1 saturated heterocycles. The summed E-state index contributed by atoms with van der Waals surface area (Å²) in [6.45, 7) is 3.72. The molecule has 0 saturated carbocycles. The second kappa shape index (κ2) is 8.11. The van der Waals surface area contributed by atoms with Crippen LogP contribution in [0.5, 0.6) is 0 Å². The fourth-order valence-corrected chi connectivity index (χ4v) is 5.22. The fraction of sp³-hybridized carbons (Fsp3) is 0.688. The highest BCUT2D eigenvalue weighted by atomic mass is 32.2. The number of carbonyl (C=O) groups is 2. The number of hydrogen-bond acceptors (Lipinski definition) is 7. The summed E-state index contributed by atoms with van der Waals surface area (Å²) < 4.78 is 29.8. The molecule has 0 bridgehead atoms. The first-order valence-electron chi connectivity index (χ1n) is 8.94. The number of piperidine rings is 1. The van der Waals surface area contributed by atoms with Gasteiger partial charge in [-0.1, -0.05) is 11.3 Å². The maximum atomic E-state index is 12.6. The number of thiazole rings is 1. The Morgan fingerprint density at radius 3 is 2.85 bits per heavy atom. The van der Waals surface area contributed by atoms with Crippen LogP contribution in [0.4, 0.5) is 9.93 Å². The van der Waals surface area contributed by atoms with Gasteiger partial charge in [-0.25, -0.2) is 22.5 Å². The summed E-state index contributed by atoms with van der Waals surface area (Å²) in [6, 6.07) is 0. The average Bonchev–Trinajstić information content (AvgIpc) is 3.02. The second-order valence-corrected chi connectivity index (χ2v) is 9.77. The molecular weight excluding hydrogens is 392 g/mol. The molecule has 150 valence electrons.